The lowest BCUT2D eigenvalue weighted by atomic mass is 10.1. The van der Waals surface area contributed by atoms with Crippen molar-refractivity contribution < 1.29 is 14.3 Å². The maximum Gasteiger partial charge on any atom is 0.258 e. The monoisotopic (exact) mass is 365 g/mol. The summed E-state index contributed by atoms with van der Waals surface area (Å²) in [5.41, 5.74) is 1.82. The number of fused-ring (bicyclic) bond motifs is 1. The van der Waals surface area contributed by atoms with Gasteiger partial charge in [0.05, 0.1) is 18.8 Å². The van der Waals surface area contributed by atoms with Crippen LogP contribution in [0.2, 0.25) is 0 Å². The number of ether oxygens (including phenoxy) is 2. The Kier molecular flexibility index (Phi) is 3.65. The zero-order chi connectivity index (χ0) is 15.3. The topological polar surface area (TPSA) is 38.8 Å². The molecule has 2 aliphatic heterocycles. The molecule has 0 unspecified atom stereocenters. The first-order valence-electron chi connectivity index (χ1n) is 8.01. The molecular weight excluding hydrogens is 346 g/mol. The van der Waals surface area contributed by atoms with Gasteiger partial charge in [-0.2, -0.15) is 0 Å². The van der Waals surface area contributed by atoms with Crippen LogP contribution < -0.4 is 4.74 Å². The molecule has 118 valence electrons. The van der Waals surface area contributed by atoms with Crippen LogP contribution in [0, 0.1) is 5.92 Å². The minimum Gasteiger partial charge on any atom is -0.487 e. The molecule has 2 fully saturated rings. The average Bonchev–Trinajstić information content (AvgIpc) is 3.12. The number of rotatable bonds is 4. The van der Waals surface area contributed by atoms with Crippen molar-refractivity contribution in [2.24, 2.45) is 5.92 Å². The van der Waals surface area contributed by atoms with E-state index < -0.39 is 0 Å². The third-order valence-electron chi connectivity index (χ3n) is 4.94. The summed E-state index contributed by atoms with van der Waals surface area (Å²) in [5, 5.41) is 0. The Morgan fingerprint density at radius 3 is 2.86 bits per heavy atom. The molecule has 0 bridgehead atoms. The van der Waals surface area contributed by atoms with Crippen LogP contribution in [-0.2, 0) is 11.3 Å². The van der Waals surface area contributed by atoms with Gasteiger partial charge in [0.15, 0.2) is 0 Å². The lowest BCUT2D eigenvalue weighted by Gasteiger charge is -2.24. The van der Waals surface area contributed by atoms with Crippen molar-refractivity contribution in [1.82, 2.24) is 4.90 Å². The Morgan fingerprint density at radius 2 is 2.18 bits per heavy atom. The Hall–Kier alpha value is -1.07. The summed E-state index contributed by atoms with van der Waals surface area (Å²) in [6.07, 6.45) is 3.43. The lowest BCUT2D eigenvalue weighted by Crippen LogP contribution is -2.34. The van der Waals surface area contributed by atoms with Crippen LogP contribution in [0.1, 0.15) is 42.1 Å². The summed E-state index contributed by atoms with van der Waals surface area (Å²) in [5.74, 6) is 1.50. The SMILES string of the molecule is C[C@@H](C1CC1)N1Cc2cc(Br)cc(O[C@@H]3CCOC3)c2C1=O. The molecule has 1 saturated carbocycles. The van der Waals surface area contributed by atoms with Gasteiger partial charge in [0.1, 0.15) is 11.9 Å². The molecule has 2 atom stereocenters. The number of nitrogens with zero attached hydrogens (tertiary/aromatic N) is 1. The highest BCUT2D eigenvalue weighted by Gasteiger charge is 2.40. The largest absolute Gasteiger partial charge is 0.487 e. The fraction of sp³-hybridized carbons (Fsp3) is 0.588. The summed E-state index contributed by atoms with van der Waals surface area (Å²) < 4.78 is 12.4. The van der Waals surface area contributed by atoms with E-state index in [1.807, 2.05) is 17.0 Å². The Labute approximate surface area is 138 Å². The zero-order valence-corrected chi connectivity index (χ0v) is 14.3. The molecule has 3 aliphatic rings. The minimum atomic E-state index is 0.0566. The van der Waals surface area contributed by atoms with Gasteiger partial charge >= 0.3 is 0 Å². The van der Waals surface area contributed by atoms with E-state index in [0.717, 1.165) is 28.6 Å². The highest BCUT2D eigenvalue weighted by Crippen LogP contribution is 2.41. The molecule has 0 aromatic heterocycles. The molecule has 0 spiro atoms. The Bertz CT molecular complexity index is 608. The van der Waals surface area contributed by atoms with E-state index >= 15 is 0 Å². The molecule has 4 rings (SSSR count). The molecule has 1 amide bonds. The zero-order valence-electron chi connectivity index (χ0n) is 12.7. The fourth-order valence-electron chi connectivity index (χ4n) is 3.44. The molecule has 1 saturated heterocycles. The highest BCUT2D eigenvalue weighted by molar-refractivity contribution is 9.10. The van der Waals surface area contributed by atoms with E-state index in [0.29, 0.717) is 30.9 Å². The van der Waals surface area contributed by atoms with E-state index in [9.17, 15) is 4.79 Å². The number of amides is 1. The summed E-state index contributed by atoms with van der Waals surface area (Å²) in [4.78, 5) is 14.9. The van der Waals surface area contributed by atoms with Crippen LogP contribution in [0.4, 0.5) is 0 Å². The second kappa shape index (κ2) is 5.53. The third-order valence-corrected chi connectivity index (χ3v) is 5.40. The molecule has 4 nitrogen and oxygen atoms in total. The van der Waals surface area contributed by atoms with Crippen LogP contribution in [0.3, 0.4) is 0 Å². The number of halogens is 1. The predicted octanol–water partition coefficient (Wildman–Crippen LogP) is 3.37. The highest BCUT2D eigenvalue weighted by atomic mass is 79.9. The van der Waals surface area contributed by atoms with Crippen LogP contribution in [0.5, 0.6) is 5.75 Å². The van der Waals surface area contributed by atoms with Crippen LogP contribution in [0.15, 0.2) is 16.6 Å². The molecule has 22 heavy (non-hydrogen) atoms. The van der Waals surface area contributed by atoms with Crippen molar-refractivity contribution in [2.45, 2.75) is 44.9 Å². The predicted molar refractivity (Wildman–Crippen MR) is 86.1 cm³/mol. The minimum absolute atomic E-state index is 0.0566. The molecule has 0 N–H and O–H groups in total. The first-order chi connectivity index (χ1) is 10.6. The molecule has 1 aromatic rings. The van der Waals surface area contributed by atoms with Crippen molar-refractivity contribution in [3.05, 3.63) is 27.7 Å². The smallest absolute Gasteiger partial charge is 0.258 e. The number of carbonyl (C=O) groups is 1. The van der Waals surface area contributed by atoms with E-state index in [1.165, 1.54) is 12.8 Å². The van der Waals surface area contributed by atoms with E-state index in [2.05, 4.69) is 22.9 Å². The van der Waals surface area contributed by atoms with Crippen molar-refractivity contribution >= 4 is 21.8 Å². The average molecular weight is 366 g/mol. The molecule has 0 radical (unpaired) electrons. The van der Waals surface area contributed by atoms with Crippen molar-refractivity contribution in [3.8, 4) is 5.75 Å². The van der Waals surface area contributed by atoms with Crippen molar-refractivity contribution in [1.29, 1.82) is 0 Å². The van der Waals surface area contributed by atoms with Gasteiger partial charge in [-0.1, -0.05) is 15.9 Å². The van der Waals surface area contributed by atoms with Gasteiger partial charge in [0.2, 0.25) is 0 Å². The second-order valence-electron chi connectivity index (χ2n) is 6.55. The van der Waals surface area contributed by atoms with E-state index in [1.54, 1.807) is 0 Å². The molecule has 1 aliphatic carbocycles. The van der Waals surface area contributed by atoms with E-state index in [-0.39, 0.29) is 12.0 Å². The van der Waals surface area contributed by atoms with Gasteiger partial charge in [-0.05, 0) is 43.4 Å². The van der Waals surface area contributed by atoms with Crippen molar-refractivity contribution in [2.75, 3.05) is 13.2 Å². The summed E-state index contributed by atoms with van der Waals surface area (Å²) in [6, 6.07) is 4.28. The standard InChI is InChI=1S/C17H20BrNO3/c1-10(11-2-3-11)19-8-12-6-13(18)7-15(16(12)17(19)20)22-14-4-5-21-9-14/h6-7,10-11,14H,2-5,8-9H2,1H3/t10-,14+/m0/s1. The lowest BCUT2D eigenvalue weighted by molar-refractivity contribution is 0.0691. The summed E-state index contributed by atoms with van der Waals surface area (Å²) in [6.45, 7) is 4.21. The maximum atomic E-state index is 12.9. The molecule has 1 aromatic carbocycles. The first kappa shape index (κ1) is 14.5. The number of hydrogen-bond donors (Lipinski definition) is 0. The molecule has 5 heteroatoms. The van der Waals surface area contributed by atoms with Crippen molar-refractivity contribution in [3.63, 3.8) is 0 Å². The first-order valence-corrected chi connectivity index (χ1v) is 8.80. The quantitative estimate of drug-likeness (QED) is 0.820. The third kappa shape index (κ3) is 2.54. The van der Waals surface area contributed by atoms with Gasteiger partial charge in [-0.25, -0.2) is 0 Å². The van der Waals surface area contributed by atoms with Crippen LogP contribution in [0.25, 0.3) is 0 Å². The number of benzene rings is 1. The maximum absolute atomic E-state index is 12.9. The van der Waals surface area contributed by atoms with Crippen LogP contribution >= 0.6 is 15.9 Å². The van der Waals surface area contributed by atoms with Crippen LogP contribution in [-0.4, -0.2) is 36.2 Å². The number of carbonyl (C=O) groups excluding carboxylic acids is 1. The Morgan fingerprint density at radius 1 is 1.36 bits per heavy atom. The second-order valence-corrected chi connectivity index (χ2v) is 7.47. The van der Waals surface area contributed by atoms with Gasteiger partial charge in [-0.15, -0.1) is 0 Å². The number of hydrogen-bond acceptors (Lipinski definition) is 3. The Balaban J connectivity index is 1.63. The fourth-order valence-corrected chi connectivity index (χ4v) is 3.93. The summed E-state index contributed by atoms with van der Waals surface area (Å²) in [7, 11) is 0. The molecule has 2 heterocycles. The van der Waals surface area contributed by atoms with Gasteiger partial charge in [0.25, 0.3) is 5.91 Å². The van der Waals surface area contributed by atoms with Gasteiger partial charge in [0, 0.05) is 23.5 Å². The van der Waals surface area contributed by atoms with Gasteiger partial charge < -0.3 is 14.4 Å². The normalized spacial score (nSPS) is 25.5. The summed E-state index contributed by atoms with van der Waals surface area (Å²) >= 11 is 3.54. The van der Waals surface area contributed by atoms with E-state index in [4.69, 9.17) is 9.47 Å². The van der Waals surface area contributed by atoms with Gasteiger partial charge in [-0.3, -0.25) is 4.79 Å². The molecular formula is C17H20BrNO3.